The lowest BCUT2D eigenvalue weighted by molar-refractivity contribution is -0.137. The average Bonchev–Trinajstić information content (AvgIpc) is 2.61. The third kappa shape index (κ3) is 10.8. The molecule has 8 heteroatoms. The van der Waals surface area contributed by atoms with E-state index in [2.05, 4.69) is 16.4 Å². The molecule has 0 aliphatic heterocycles. The normalized spacial score (nSPS) is 12.5. The summed E-state index contributed by atoms with van der Waals surface area (Å²) in [6, 6.07) is 6.01. The van der Waals surface area contributed by atoms with Gasteiger partial charge in [-0.15, -0.1) is 0 Å². The first-order valence-corrected chi connectivity index (χ1v) is 11.1. The van der Waals surface area contributed by atoms with Crippen molar-refractivity contribution in [1.29, 1.82) is 0 Å². The number of rotatable bonds is 15. The van der Waals surface area contributed by atoms with Gasteiger partial charge in [-0.05, 0) is 37.1 Å². The first-order valence-electron chi connectivity index (χ1n) is 9.61. The second kappa shape index (κ2) is 12.6. The molecule has 0 aliphatic rings. The molecule has 0 saturated heterocycles. The van der Waals surface area contributed by atoms with E-state index in [9.17, 15) is 13.2 Å². The molecule has 0 fully saturated rings. The predicted octanol–water partition coefficient (Wildman–Crippen LogP) is 3.93. The van der Waals surface area contributed by atoms with Gasteiger partial charge in [-0.2, -0.15) is 13.1 Å². The van der Waals surface area contributed by atoms with Crippen LogP contribution in [0, 0.1) is 0 Å². The molecule has 0 bridgehead atoms. The van der Waals surface area contributed by atoms with Crippen molar-refractivity contribution in [1.82, 2.24) is 4.72 Å². The van der Waals surface area contributed by atoms with Gasteiger partial charge in [0.25, 0.3) is 10.2 Å². The zero-order chi connectivity index (χ0) is 20.1. The van der Waals surface area contributed by atoms with Crippen LogP contribution in [0.15, 0.2) is 24.3 Å². The van der Waals surface area contributed by atoms with Crippen molar-refractivity contribution in [2.45, 2.75) is 71.3 Å². The van der Waals surface area contributed by atoms with Crippen molar-refractivity contribution >= 4 is 21.9 Å². The lowest BCUT2D eigenvalue weighted by atomic mass is 10.1. The summed E-state index contributed by atoms with van der Waals surface area (Å²) >= 11 is 0. The van der Waals surface area contributed by atoms with Crippen LogP contribution in [0.4, 0.5) is 5.69 Å². The zero-order valence-electron chi connectivity index (χ0n) is 16.2. The first-order chi connectivity index (χ1) is 12.9. The summed E-state index contributed by atoms with van der Waals surface area (Å²) in [5.74, 6) is -0.354. The van der Waals surface area contributed by atoms with Gasteiger partial charge >= 0.3 is 5.97 Å². The molecule has 0 aromatic heterocycles. The standard InChI is InChI=1S/C19H32N2O5S/c1-3-5-6-7-8-9-14-26-18-12-10-17(11-13-18)21-27(24,25)20-16(4-2)15-19(22)23/h10-13,16,20-21H,3-9,14-15H2,1-2H3,(H,22,23)/t16-/m0/s1. The monoisotopic (exact) mass is 400 g/mol. The first kappa shape index (κ1) is 23.2. The number of ether oxygens (including phenoxy) is 1. The van der Waals surface area contributed by atoms with E-state index in [-0.39, 0.29) is 6.42 Å². The van der Waals surface area contributed by atoms with Gasteiger partial charge in [0.15, 0.2) is 0 Å². The molecule has 0 amide bonds. The van der Waals surface area contributed by atoms with Crippen LogP contribution in [0.25, 0.3) is 0 Å². The number of nitrogens with one attached hydrogen (secondary N) is 2. The van der Waals surface area contributed by atoms with Crippen LogP contribution >= 0.6 is 0 Å². The Kier molecular flexibility index (Phi) is 10.8. The molecule has 154 valence electrons. The molecule has 1 rings (SSSR count). The number of unbranched alkanes of at least 4 members (excludes halogenated alkanes) is 5. The Morgan fingerprint density at radius 1 is 1.07 bits per heavy atom. The number of carboxylic acid groups (broad SMARTS) is 1. The Morgan fingerprint density at radius 2 is 1.70 bits per heavy atom. The zero-order valence-corrected chi connectivity index (χ0v) is 17.1. The SMILES string of the molecule is CCCCCCCCOc1ccc(NS(=O)(=O)N[C@@H](CC)CC(=O)O)cc1. The van der Waals surface area contributed by atoms with E-state index < -0.39 is 22.2 Å². The summed E-state index contributed by atoms with van der Waals surface area (Å²) in [5.41, 5.74) is 0.389. The molecule has 0 saturated carbocycles. The van der Waals surface area contributed by atoms with E-state index in [0.717, 1.165) is 12.8 Å². The molecular formula is C19H32N2O5S. The lowest BCUT2D eigenvalue weighted by Crippen LogP contribution is -2.39. The van der Waals surface area contributed by atoms with E-state index in [4.69, 9.17) is 9.84 Å². The van der Waals surface area contributed by atoms with Gasteiger partial charge in [-0.25, -0.2) is 0 Å². The smallest absolute Gasteiger partial charge is 0.304 e. The Balaban J connectivity index is 2.41. The maximum atomic E-state index is 12.1. The second-order valence-electron chi connectivity index (χ2n) is 6.57. The minimum Gasteiger partial charge on any atom is -0.494 e. The fourth-order valence-electron chi connectivity index (χ4n) is 2.58. The van der Waals surface area contributed by atoms with Gasteiger partial charge in [0.05, 0.1) is 18.7 Å². The molecule has 0 spiro atoms. The summed E-state index contributed by atoms with van der Waals surface area (Å²) in [6.45, 7) is 4.57. The van der Waals surface area contributed by atoms with Gasteiger partial charge in [0, 0.05) is 6.04 Å². The Labute approximate surface area is 162 Å². The molecular weight excluding hydrogens is 368 g/mol. The van der Waals surface area contributed by atoms with Crippen molar-refractivity contribution in [3.05, 3.63) is 24.3 Å². The van der Waals surface area contributed by atoms with Gasteiger partial charge in [0.2, 0.25) is 0 Å². The molecule has 1 atom stereocenters. The van der Waals surface area contributed by atoms with Crippen molar-refractivity contribution in [2.24, 2.45) is 0 Å². The van der Waals surface area contributed by atoms with Gasteiger partial charge in [-0.3, -0.25) is 9.52 Å². The molecule has 0 radical (unpaired) electrons. The molecule has 7 nitrogen and oxygen atoms in total. The minimum atomic E-state index is -3.84. The quantitative estimate of drug-likeness (QED) is 0.387. The third-order valence-electron chi connectivity index (χ3n) is 4.11. The number of aliphatic carboxylic acids is 1. The van der Waals surface area contributed by atoms with E-state index in [1.165, 1.54) is 25.7 Å². The summed E-state index contributed by atoms with van der Waals surface area (Å²) in [5, 5.41) is 8.81. The molecule has 0 unspecified atom stereocenters. The van der Waals surface area contributed by atoms with Gasteiger partial charge in [-0.1, -0.05) is 46.0 Å². The van der Waals surface area contributed by atoms with Crippen molar-refractivity contribution in [3.63, 3.8) is 0 Å². The fourth-order valence-corrected chi connectivity index (χ4v) is 3.77. The predicted molar refractivity (Wildman–Crippen MR) is 107 cm³/mol. The summed E-state index contributed by atoms with van der Waals surface area (Å²) in [7, 11) is -3.84. The third-order valence-corrected chi connectivity index (χ3v) is 5.26. The van der Waals surface area contributed by atoms with Crippen LogP contribution in [-0.4, -0.2) is 32.1 Å². The van der Waals surface area contributed by atoms with Crippen LogP contribution in [0.2, 0.25) is 0 Å². The van der Waals surface area contributed by atoms with E-state index in [1.54, 1.807) is 31.2 Å². The van der Waals surface area contributed by atoms with E-state index >= 15 is 0 Å². The number of carboxylic acids is 1. The molecule has 1 aromatic carbocycles. The number of hydrogen-bond donors (Lipinski definition) is 3. The topological polar surface area (TPSA) is 105 Å². The second-order valence-corrected chi connectivity index (χ2v) is 8.01. The molecule has 0 heterocycles. The van der Waals surface area contributed by atoms with Crippen LogP contribution in [-0.2, 0) is 15.0 Å². The van der Waals surface area contributed by atoms with E-state index in [0.29, 0.717) is 24.5 Å². The maximum absolute atomic E-state index is 12.1. The molecule has 0 aliphatic carbocycles. The minimum absolute atomic E-state index is 0.261. The van der Waals surface area contributed by atoms with Gasteiger partial charge < -0.3 is 9.84 Å². The average molecular weight is 401 g/mol. The highest BCUT2D eigenvalue weighted by atomic mass is 32.2. The number of hydrogen-bond acceptors (Lipinski definition) is 4. The highest BCUT2D eigenvalue weighted by molar-refractivity contribution is 7.90. The van der Waals surface area contributed by atoms with Crippen molar-refractivity contribution < 1.29 is 23.1 Å². The Morgan fingerprint density at radius 3 is 2.30 bits per heavy atom. The lowest BCUT2D eigenvalue weighted by Gasteiger charge is -2.16. The molecule has 3 N–H and O–H groups in total. The van der Waals surface area contributed by atoms with Gasteiger partial charge in [0.1, 0.15) is 5.75 Å². The van der Waals surface area contributed by atoms with Crippen LogP contribution in [0.1, 0.15) is 65.2 Å². The highest BCUT2D eigenvalue weighted by Gasteiger charge is 2.18. The van der Waals surface area contributed by atoms with Crippen LogP contribution in [0.5, 0.6) is 5.75 Å². The van der Waals surface area contributed by atoms with Crippen LogP contribution in [0.3, 0.4) is 0 Å². The number of carbonyl (C=O) groups is 1. The Hall–Kier alpha value is -1.80. The molecule has 27 heavy (non-hydrogen) atoms. The summed E-state index contributed by atoms with van der Waals surface area (Å²) < 4.78 is 34.6. The highest BCUT2D eigenvalue weighted by Crippen LogP contribution is 2.17. The van der Waals surface area contributed by atoms with Crippen molar-refractivity contribution in [3.8, 4) is 5.75 Å². The molecule has 1 aromatic rings. The van der Waals surface area contributed by atoms with Crippen LogP contribution < -0.4 is 14.2 Å². The maximum Gasteiger partial charge on any atom is 0.304 e. The summed E-state index contributed by atoms with van der Waals surface area (Å²) in [4.78, 5) is 10.8. The summed E-state index contributed by atoms with van der Waals surface area (Å²) in [6.07, 6.45) is 7.29. The van der Waals surface area contributed by atoms with E-state index in [1.807, 2.05) is 0 Å². The largest absolute Gasteiger partial charge is 0.494 e. The fraction of sp³-hybridized carbons (Fsp3) is 0.632. The number of anilines is 1. The Bertz CT molecular complexity index is 647. The number of benzene rings is 1. The van der Waals surface area contributed by atoms with Crippen molar-refractivity contribution in [2.75, 3.05) is 11.3 Å².